The van der Waals surface area contributed by atoms with E-state index in [1.807, 2.05) is 18.2 Å². The minimum Gasteiger partial charge on any atom is -0.491 e. The first-order valence-electron chi connectivity index (χ1n) is 6.07. The molecule has 0 bridgehead atoms. The normalized spacial score (nSPS) is 19.4. The Kier molecular flexibility index (Phi) is 2.59. The number of hydrogen-bond acceptors (Lipinski definition) is 3. The lowest BCUT2D eigenvalue weighted by Crippen LogP contribution is -2.22. The van der Waals surface area contributed by atoms with E-state index >= 15 is 0 Å². The number of para-hydroxylation sites is 2. The van der Waals surface area contributed by atoms with Crippen molar-refractivity contribution in [2.45, 2.75) is 19.3 Å². The van der Waals surface area contributed by atoms with Crippen LogP contribution in [0.4, 0.5) is 5.69 Å². The SMILES string of the molecule is O=C1C=C(N2CCCOc3ccccc32)CC1. The molecule has 1 aromatic carbocycles. The zero-order valence-corrected chi connectivity index (χ0v) is 9.69. The second-order valence-electron chi connectivity index (χ2n) is 4.42. The van der Waals surface area contributed by atoms with E-state index < -0.39 is 0 Å². The fraction of sp³-hybridized carbons (Fsp3) is 0.357. The third-order valence-corrected chi connectivity index (χ3v) is 3.24. The Balaban J connectivity index is 2.00. The first kappa shape index (κ1) is 10.4. The Morgan fingerprint density at radius 1 is 1.18 bits per heavy atom. The highest BCUT2D eigenvalue weighted by molar-refractivity contribution is 5.94. The second kappa shape index (κ2) is 4.24. The molecule has 1 heterocycles. The Hall–Kier alpha value is -1.77. The molecule has 1 aromatic rings. The maximum absolute atomic E-state index is 11.4. The average molecular weight is 229 g/mol. The molecule has 3 heteroatoms. The highest BCUT2D eigenvalue weighted by Gasteiger charge is 2.23. The van der Waals surface area contributed by atoms with Gasteiger partial charge in [0, 0.05) is 24.7 Å². The number of rotatable bonds is 1. The molecule has 0 unspecified atom stereocenters. The fourth-order valence-corrected chi connectivity index (χ4v) is 2.42. The van der Waals surface area contributed by atoms with Crippen molar-refractivity contribution in [3.8, 4) is 5.75 Å². The lowest BCUT2D eigenvalue weighted by atomic mass is 10.2. The minimum absolute atomic E-state index is 0.239. The molecule has 3 nitrogen and oxygen atoms in total. The van der Waals surface area contributed by atoms with Crippen molar-refractivity contribution < 1.29 is 9.53 Å². The van der Waals surface area contributed by atoms with Gasteiger partial charge in [0.1, 0.15) is 5.75 Å². The summed E-state index contributed by atoms with van der Waals surface area (Å²) in [7, 11) is 0. The number of ether oxygens (including phenoxy) is 1. The Bertz CT molecular complexity index is 479. The van der Waals surface area contributed by atoms with Crippen LogP contribution in [0.15, 0.2) is 36.0 Å². The van der Waals surface area contributed by atoms with Crippen LogP contribution in [-0.4, -0.2) is 18.9 Å². The van der Waals surface area contributed by atoms with Crippen LogP contribution < -0.4 is 9.64 Å². The van der Waals surface area contributed by atoms with Gasteiger partial charge in [-0.15, -0.1) is 0 Å². The zero-order valence-electron chi connectivity index (χ0n) is 9.69. The average Bonchev–Trinajstić information content (AvgIpc) is 2.66. The van der Waals surface area contributed by atoms with Crippen LogP contribution in [0.1, 0.15) is 19.3 Å². The zero-order chi connectivity index (χ0) is 11.7. The molecule has 0 amide bonds. The van der Waals surface area contributed by atoms with Gasteiger partial charge in [0.2, 0.25) is 0 Å². The quantitative estimate of drug-likeness (QED) is 0.741. The number of fused-ring (bicyclic) bond motifs is 1. The molecule has 0 spiro atoms. The van der Waals surface area contributed by atoms with Gasteiger partial charge in [0.15, 0.2) is 5.78 Å². The van der Waals surface area contributed by atoms with E-state index in [1.54, 1.807) is 6.08 Å². The number of benzene rings is 1. The van der Waals surface area contributed by atoms with Gasteiger partial charge in [-0.1, -0.05) is 12.1 Å². The van der Waals surface area contributed by atoms with Crippen molar-refractivity contribution in [1.82, 2.24) is 0 Å². The number of carbonyl (C=O) groups is 1. The van der Waals surface area contributed by atoms with Crippen LogP contribution in [0.3, 0.4) is 0 Å². The number of carbonyl (C=O) groups excluding carboxylic acids is 1. The highest BCUT2D eigenvalue weighted by Crippen LogP contribution is 2.35. The van der Waals surface area contributed by atoms with Crippen molar-refractivity contribution in [3.63, 3.8) is 0 Å². The number of anilines is 1. The molecule has 17 heavy (non-hydrogen) atoms. The van der Waals surface area contributed by atoms with Crippen molar-refractivity contribution in [3.05, 3.63) is 36.0 Å². The van der Waals surface area contributed by atoms with Crippen LogP contribution >= 0.6 is 0 Å². The molecule has 3 rings (SSSR count). The topological polar surface area (TPSA) is 29.5 Å². The van der Waals surface area contributed by atoms with E-state index in [-0.39, 0.29) is 5.78 Å². The molecule has 0 atom stereocenters. The summed E-state index contributed by atoms with van der Waals surface area (Å²) in [6.07, 6.45) is 4.27. The molecular weight excluding hydrogens is 214 g/mol. The lowest BCUT2D eigenvalue weighted by Gasteiger charge is -2.24. The van der Waals surface area contributed by atoms with Crippen LogP contribution in [0.25, 0.3) is 0 Å². The van der Waals surface area contributed by atoms with Crippen molar-refractivity contribution in [2.75, 3.05) is 18.1 Å². The van der Waals surface area contributed by atoms with Gasteiger partial charge >= 0.3 is 0 Å². The summed E-state index contributed by atoms with van der Waals surface area (Å²) < 4.78 is 5.71. The minimum atomic E-state index is 0.239. The van der Waals surface area contributed by atoms with Crippen LogP contribution in [-0.2, 0) is 4.79 Å². The summed E-state index contributed by atoms with van der Waals surface area (Å²) >= 11 is 0. The maximum atomic E-state index is 11.4. The van der Waals surface area contributed by atoms with Crippen molar-refractivity contribution in [2.24, 2.45) is 0 Å². The molecule has 0 fully saturated rings. The van der Waals surface area contributed by atoms with E-state index in [1.165, 1.54) is 0 Å². The van der Waals surface area contributed by atoms with Gasteiger partial charge in [-0.3, -0.25) is 4.79 Å². The molecule has 0 N–H and O–H groups in total. The molecule has 0 aromatic heterocycles. The Morgan fingerprint density at radius 3 is 2.88 bits per heavy atom. The van der Waals surface area contributed by atoms with E-state index in [0.29, 0.717) is 6.42 Å². The van der Waals surface area contributed by atoms with Crippen LogP contribution in [0, 0.1) is 0 Å². The number of allylic oxidation sites excluding steroid dienone is 2. The molecule has 88 valence electrons. The van der Waals surface area contributed by atoms with E-state index in [9.17, 15) is 4.79 Å². The monoisotopic (exact) mass is 229 g/mol. The smallest absolute Gasteiger partial charge is 0.157 e. The van der Waals surface area contributed by atoms with Gasteiger partial charge in [-0.25, -0.2) is 0 Å². The Morgan fingerprint density at radius 2 is 2.06 bits per heavy atom. The predicted molar refractivity (Wildman–Crippen MR) is 66.2 cm³/mol. The molecule has 0 radical (unpaired) electrons. The number of ketones is 1. The number of nitrogens with zero attached hydrogens (tertiary/aromatic N) is 1. The van der Waals surface area contributed by atoms with Crippen LogP contribution in [0.2, 0.25) is 0 Å². The second-order valence-corrected chi connectivity index (χ2v) is 4.42. The third-order valence-electron chi connectivity index (χ3n) is 3.24. The summed E-state index contributed by atoms with van der Waals surface area (Å²) in [5.41, 5.74) is 2.22. The standard InChI is InChI=1S/C14H15NO2/c16-12-7-6-11(10-12)15-8-3-9-17-14-5-2-1-4-13(14)15/h1-2,4-5,10H,3,6-9H2. The Labute approximate surface area is 101 Å². The molecule has 1 aliphatic heterocycles. The van der Waals surface area contributed by atoms with Gasteiger partial charge in [0.25, 0.3) is 0 Å². The summed E-state index contributed by atoms with van der Waals surface area (Å²) in [4.78, 5) is 13.6. The fourth-order valence-electron chi connectivity index (χ4n) is 2.42. The number of hydrogen-bond donors (Lipinski definition) is 0. The first-order valence-corrected chi connectivity index (χ1v) is 6.07. The maximum Gasteiger partial charge on any atom is 0.157 e. The summed E-state index contributed by atoms with van der Waals surface area (Å²) in [5, 5.41) is 0. The summed E-state index contributed by atoms with van der Waals surface area (Å²) in [5.74, 6) is 1.16. The largest absolute Gasteiger partial charge is 0.491 e. The first-order chi connectivity index (χ1) is 8.34. The molecular formula is C14H15NO2. The van der Waals surface area contributed by atoms with Gasteiger partial charge in [0.05, 0.1) is 12.3 Å². The molecule has 2 aliphatic rings. The van der Waals surface area contributed by atoms with Gasteiger partial charge < -0.3 is 9.64 Å². The predicted octanol–water partition coefficient (Wildman–Crippen LogP) is 2.52. The van der Waals surface area contributed by atoms with E-state index in [0.717, 1.165) is 43.1 Å². The van der Waals surface area contributed by atoms with Crippen molar-refractivity contribution >= 4 is 11.5 Å². The van der Waals surface area contributed by atoms with E-state index in [2.05, 4.69) is 11.0 Å². The van der Waals surface area contributed by atoms with Crippen molar-refractivity contribution in [1.29, 1.82) is 0 Å². The summed E-state index contributed by atoms with van der Waals surface area (Å²) in [6.45, 7) is 1.67. The lowest BCUT2D eigenvalue weighted by molar-refractivity contribution is -0.114. The van der Waals surface area contributed by atoms with Gasteiger partial charge in [-0.2, -0.15) is 0 Å². The summed E-state index contributed by atoms with van der Waals surface area (Å²) in [6, 6.07) is 8.05. The highest BCUT2D eigenvalue weighted by atomic mass is 16.5. The van der Waals surface area contributed by atoms with E-state index in [4.69, 9.17) is 4.74 Å². The molecule has 0 saturated heterocycles. The third kappa shape index (κ3) is 1.93. The van der Waals surface area contributed by atoms with Crippen LogP contribution in [0.5, 0.6) is 5.75 Å². The van der Waals surface area contributed by atoms with Gasteiger partial charge in [-0.05, 0) is 25.0 Å². The molecule has 1 aliphatic carbocycles. The molecule has 0 saturated carbocycles.